The van der Waals surface area contributed by atoms with Crippen LogP contribution in [0.2, 0.25) is 0 Å². The van der Waals surface area contributed by atoms with Crippen molar-refractivity contribution in [3.05, 3.63) is 23.4 Å². The zero-order valence-corrected chi connectivity index (χ0v) is 7.18. The van der Waals surface area contributed by atoms with Crippen molar-refractivity contribution in [2.45, 2.75) is 6.18 Å². The van der Waals surface area contributed by atoms with Crippen LogP contribution in [-0.4, -0.2) is 12.0 Å². The van der Waals surface area contributed by atoms with E-state index in [1.165, 1.54) is 13.1 Å². The van der Waals surface area contributed by atoms with E-state index in [1.807, 2.05) is 0 Å². The number of rotatable bonds is 1. The molecule has 0 aliphatic heterocycles. The fourth-order valence-corrected chi connectivity index (χ4v) is 0.910. The molecule has 0 atom stereocenters. The third-order valence-electron chi connectivity index (χ3n) is 1.59. The van der Waals surface area contributed by atoms with Crippen LogP contribution in [0.3, 0.4) is 0 Å². The number of nitrogens with one attached hydrogen (secondary N) is 1. The van der Waals surface area contributed by atoms with Crippen LogP contribution in [0.1, 0.15) is 11.1 Å². The normalized spacial score (nSPS) is 10.8. The lowest BCUT2D eigenvalue weighted by Crippen LogP contribution is -2.09. The molecule has 1 aromatic rings. The molecule has 0 aromatic carbocycles. The number of halogens is 3. The summed E-state index contributed by atoms with van der Waals surface area (Å²) in [5.41, 5.74) is -1.45. The molecule has 0 amide bonds. The van der Waals surface area contributed by atoms with Crippen molar-refractivity contribution in [1.82, 2.24) is 4.98 Å². The fourth-order valence-electron chi connectivity index (χ4n) is 0.910. The molecule has 74 valence electrons. The third kappa shape index (κ3) is 1.93. The fraction of sp³-hybridized carbons (Fsp3) is 0.250. The maximum atomic E-state index is 12.3. The Morgan fingerprint density at radius 2 is 2.14 bits per heavy atom. The topological polar surface area (TPSA) is 48.7 Å². The van der Waals surface area contributed by atoms with Crippen molar-refractivity contribution in [3.8, 4) is 6.07 Å². The Hall–Kier alpha value is -1.77. The highest BCUT2D eigenvalue weighted by Gasteiger charge is 2.34. The molecule has 14 heavy (non-hydrogen) atoms. The Kier molecular flexibility index (Phi) is 2.60. The van der Waals surface area contributed by atoms with Crippen molar-refractivity contribution in [3.63, 3.8) is 0 Å². The number of nitrogens with zero attached hydrogens (tertiary/aromatic N) is 2. The molecule has 1 N–H and O–H groups in total. The van der Waals surface area contributed by atoms with Crippen LogP contribution in [0.4, 0.5) is 19.0 Å². The van der Waals surface area contributed by atoms with Crippen molar-refractivity contribution >= 4 is 5.82 Å². The Labute approximate surface area is 78.2 Å². The van der Waals surface area contributed by atoms with E-state index in [0.717, 1.165) is 6.07 Å². The molecule has 0 fully saturated rings. The van der Waals surface area contributed by atoms with Gasteiger partial charge >= 0.3 is 6.18 Å². The Morgan fingerprint density at radius 3 is 2.57 bits per heavy atom. The van der Waals surface area contributed by atoms with Crippen LogP contribution < -0.4 is 5.32 Å². The van der Waals surface area contributed by atoms with Gasteiger partial charge in [0.25, 0.3) is 0 Å². The van der Waals surface area contributed by atoms with E-state index in [1.54, 1.807) is 0 Å². The number of pyridine rings is 1. The first-order valence-electron chi connectivity index (χ1n) is 3.64. The minimum atomic E-state index is -4.54. The maximum absolute atomic E-state index is 12.3. The number of aromatic nitrogens is 1. The molecule has 0 radical (unpaired) electrons. The lowest BCUT2D eigenvalue weighted by Gasteiger charge is -2.08. The first-order chi connectivity index (χ1) is 6.49. The van der Waals surface area contributed by atoms with Crippen molar-refractivity contribution < 1.29 is 13.2 Å². The number of alkyl halides is 3. The lowest BCUT2D eigenvalue weighted by atomic mass is 10.1. The highest BCUT2D eigenvalue weighted by molar-refractivity contribution is 5.47. The summed E-state index contributed by atoms with van der Waals surface area (Å²) in [6.45, 7) is 0. The van der Waals surface area contributed by atoms with Gasteiger partial charge in [-0.3, -0.25) is 0 Å². The largest absolute Gasteiger partial charge is 0.419 e. The number of nitriles is 1. The molecule has 3 nitrogen and oxygen atoms in total. The van der Waals surface area contributed by atoms with Crippen LogP contribution in [0.5, 0.6) is 0 Å². The van der Waals surface area contributed by atoms with Crippen molar-refractivity contribution in [1.29, 1.82) is 5.26 Å². The maximum Gasteiger partial charge on any atom is 0.419 e. The molecule has 0 aliphatic rings. The van der Waals surface area contributed by atoms with E-state index in [2.05, 4.69) is 10.3 Å². The number of anilines is 1. The Bertz CT molecular complexity index is 378. The zero-order chi connectivity index (χ0) is 10.8. The second-order valence-electron chi connectivity index (χ2n) is 2.47. The van der Waals surface area contributed by atoms with Gasteiger partial charge in [0.05, 0.1) is 17.2 Å². The molecule has 1 rings (SSSR count). The molecule has 6 heteroatoms. The van der Waals surface area contributed by atoms with Gasteiger partial charge in [0.1, 0.15) is 5.82 Å². The Balaban J connectivity index is 3.28. The average Bonchev–Trinajstić information content (AvgIpc) is 2.15. The standard InChI is InChI=1S/C8H6F3N3/c1-13-7-2-5(3-12)6(4-14-7)8(9,10)11/h2,4H,1H3,(H,13,14). The van der Waals surface area contributed by atoms with Gasteiger partial charge in [0.15, 0.2) is 0 Å². The summed E-state index contributed by atoms with van der Waals surface area (Å²) in [6, 6.07) is 2.54. The SMILES string of the molecule is CNc1cc(C#N)c(C(F)(F)F)cn1. The van der Waals surface area contributed by atoms with Crippen LogP contribution in [-0.2, 0) is 6.18 Å². The van der Waals surface area contributed by atoms with Crippen LogP contribution in [0.15, 0.2) is 12.3 Å². The molecular formula is C8H6F3N3. The van der Waals surface area contributed by atoms with Crippen molar-refractivity contribution in [2.75, 3.05) is 12.4 Å². The van der Waals surface area contributed by atoms with E-state index in [9.17, 15) is 13.2 Å². The minimum absolute atomic E-state index is 0.231. The second kappa shape index (κ2) is 3.54. The van der Waals surface area contributed by atoms with Gasteiger partial charge in [-0.2, -0.15) is 18.4 Å². The van der Waals surface area contributed by atoms with E-state index < -0.39 is 17.3 Å². The molecule has 0 unspecified atom stereocenters. The highest BCUT2D eigenvalue weighted by atomic mass is 19.4. The Morgan fingerprint density at radius 1 is 1.50 bits per heavy atom. The minimum Gasteiger partial charge on any atom is -0.373 e. The molecule has 0 saturated heterocycles. The summed E-state index contributed by atoms with van der Waals surface area (Å²) in [6.07, 6.45) is -3.89. The summed E-state index contributed by atoms with van der Waals surface area (Å²) < 4.78 is 36.8. The van der Waals surface area contributed by atoms with Crippen LogP contribution in [0.25, 0.3) is 0 Å². The van der Waals surface area contributed by atoms with Gasteiger partial charge in [-0.05, 0) is 6.07 Å². The molecular weight excluding hydrogens is 195 g/mol. The van der Waals surface area contributed by atoms with Crippen LogP contribution in [0, 0.1) is 11.3 Å². The number of hydrogen-bond acceptors (Lipinski definition) is 3. The van der Waals surface area contributed by atoms with E-state index in [0.29, 0.717) is 6.20 Å². The second-order valence-corrected chi connectivity index (χ2v) is 2.47. The predicted molar refractivity (Wildman–Crippen MR) is 43.5 cm³/mol. The van der Waals surface area contributed by atoms with E-state index in [4.69, 9.17) is 5.26 Å². The van der Waals surface area contributed by atoms with Gasteiger partial charge in [-0.1, -0.05) is 0 Å². The smallest absolute Gasteiger partial charge is 0.373 e. The van der Waals surface area contributed by atoms with E-state index >= 15 is 0 Å². The summed E-state index contributed by atoms with van der Waals surface area (Å²) in [7, 11) is 1.51. The van der Waals surface area contributed by atoms with E-state index in [-0.39, 0.29) is 5.82 Å². The average molecular weight is 201 g/mol. The number of hydrogen-bond donors (Lipinski definition) is 1. The highest BCUT2D eigenvalue weighted by Crippen LogP contribution is 2.31. The predicted octanol–water partition coefficient (Wildman–Crippen LogP) is 2.01. The molecule has 0 saturated carbocycles. The van der Waals surface area contributed by atoms with Gasteiger partial charge in [-0.25, -0.2) is 4.98 Å². The molecule has 0 spiro atoms. The zero-order valence-electron chi connectivity index (χ0n) is 7.18. The first-order valence-corrected chi connectivity index (χ1v) is 3.64. The molecule has 0 aliphatic carbocycles. The van der Waals surface area contributed by atoms with Gasteiger partial charge in [0.2, 0.25) is 0 Å². The summed E-state index contributed by atoms with van der Waals surface area (Å²) >= 11 is 0. The lowest BCUT2D eigenvalue weighted by molar-refractivity contribution is -0.138. The molecule has 1 aromatic heterocycles. The molecule has 1 heterocycles. The summed E-state index contributed by atoms with van der Waals surface area (Å²) in [4.78, 5) is 3.49. The van der Waals surface area contributed by atoms with Crippen LogP contribution >= 0.6 is 0 Å². The third-order valence-corrected chi connectivity index (χ3v) is 1.59. The van der Waals surface area contributed by atoms with Gasteiger partial charge in [-0.15, -0.1) is 0 Å². The quantitative estimate of drug-likeness (QED) is 0.756. The van der Waals surface area contributed by atoms with Crippen molar-refractivity contribution in [2.24, 2.45) is 0 Å². The summed E-state index contributed by atoms with van der Waals surface area (Å²) in [5.74, 6) is 0.231. The van der Waals surface area contributed by atoms with Gasteiger partial charge < -0.3 is 5.32 Å². The van der Waals surface area contributed by atoms with Gasteiger partial charge in [0, 0.05) is 13.2 Å². The molecule has 0 bridgehead atoms. The first kappa shape index (κ1) is 10.3. The monoisotopic (exact) mass is 201 g/mol. The summed E-state index contributed by atoms with van der Waals surface area (Å²) in [5, 5.41) is 11.0.